The highest BCUT2D eigenvalue weighted by Gasteiger charge is 1.91. The van der Waals surface area contributed by atoms with E-state index >= 15 is 0 Å². The quantitative estimate of drug-likeness (QED) is 0.620. The molecule has 1 aromatic heterocycles. The summed E-state index contributed by atoms with van der Waals surface area (Å²) >= 11 is 0. The summed E-state index contributed by atoms with van der Waals surface area (Å²) in [5.41, 5.74) is 1.27. The third kappa shape index (κ3) is 4.73. The average molecular weight is 180 g/mol. The van der Waals surface area contributed by atoms with Crippen molar-refractivity contribution in [3.8, 4) is 0 Å². The molecule has 0 radical (unpaired) electrons. The molecule has 0 atom stereocenters. The lowest BCUT2D eigenvalue weighted by Gasteiger charge is -2.02. The summed E-state index contributed by atoms with van der Waals surface area (Å²) in [6, 6.07) is 4.15. The molecule has 0 saturated heterocycles. The van der Waals surface area contributed by atoms with Gasteiger partial charge in [-0.2, -0.15) is 0 Å². The lowest BCUT2D eigenvalue weighted by atomic mass is 10.2. The minimum absolute atomic E-state index is 0.971. The molecule has 2 N–H and O–H groups in total. The Morgan fingerprint density at radius 1 is 1.31 bits per heavy atom. The van der Waals surface area contributed by atoms with Crippen LogP contribution < -0.4 is 5.32 Å². The number of unbranched alkanes of at least 4 members (excludes halogenated alkanes) is 3. The van der Waals surface area contributed by atoms with E-state index in [0.29, 0.717) is 0 Å². The molecule has 0 aliphatic heterocycles. The van der Waals surface area contributed by atoms with Crippen molar-refractivity contribution in [1.29, 1.82) is 0 Å². The van der Waals surface area contributed by atoms with Crippen molar-refractivity contribution in [2.45, 2.75) is 39.2 Å². The number of aromatic nitrogens is 1. The Balaban J connectivity index is 1.90. The summed E-state index contributed by atoms with van der Waals surface area (Å²) < 4.78 is 0. The van der Waals surface area contributed by atoms with Crippen LogP contribution in [0.2, 0.25) is 0 Å². The van der Waals surface area contributed by atoms with E-state index in [1.165, 1.54) is 31.4 Å². The summed E-state index contributed by atoms with van der Waals surface area (Å²) in [5.74, 6) is 0. The Morgan fingerprint density at radius 2 is 2.23 bits per heavy atom. The average Bonchev–Trinajstić information content (AvgIpc) is 2.63. The fourth-order valence-corrected chi connectivity index (χ4v) is 1.38. The molecule has 1 rings (SSSR count). The number of hydrogen-bond donors (Lipinski definition) is 2. The van der Waals surface area contributed by atoms with Crippen molar-refractivity contribution in [1.82, 2.24) is 10.3 Å². The molecule has 1 heterocycles. The van der Waals surface area contributed by atoms with Crippen molar-refractivity contribution >= 4 is 0 Å². The first-order valence-electron chi connectivity index (χ1n) is 5.26. The Labute approximate surface area is 80.7 Å². The fraction of sp³-hybridized carbons (Fsp3) is 0.636. The maximum Gasteiger partial charge on any atom is 0.0357 e. The number of nitrogens with one attached hydrogen (secondary N) is 2. The molecule has 2 nitrogen and oxygen atoms in total. The molecule has 0 spiro atoms. The van der Waals surface area contributed by atoms with Gasteiger partial charge in [-0.1, -0.05) is 26.2 Å². The highest BCUT2D eigenvalue weighted by atomic mass is 14.9. The number of hydrogen-bond acceptors (Lipinski definition) is 1. The summed E-state index contributed by atoms with van der Waals surface area (Å²) in [7, 11) is 0. The first-order chi connectivity index (χ1) is 6.43. The van der Waals surface area contributed by atoms with Gasteiger partial charge in [0.2, 0.25) is 0 Å². The first-order valence-corrected chi connectivity index (χ1v) is 5.26. The van der Waals surface area contributed by atoms with E-state index in [0.717, 1.165) is 13.1 Å². The molecule has 1 aromatic rings. The molecule has 2 heteroatoms. The molecule has 0 aromatic carbocycles. The van der Waals surface area contributed by atoms with Gasteiger partial charge in [-0.05, 0) is 25.1 Å². The van der Waals surface area contributed by atoms with Crippen LogP contribution in [0.25, 0.3) is 0 Å². The third-order valence-corrected chi connectivity index (χ3v) is 2.18. The first kappa shape index (κ1) is 10.3. The molecular formula is C11H20N2. The van der Waals surface area contributed by atoms with Gasteiger partial charge in [0, 0.05) is 18.4 Å². The van der Waals surface area contributed by atoms with Gasteiger partial charge in [-0.25, -0.2) is 0 Å². The minimum atomic E-state index is 0.971. The van der Waals surface area contributed by atoms with Crippen molar-refractivity contribution in [2.24, 2.45) is 0 Å². The molecular weight excluding hydrogens is 160 g/mol. The van der Waals surface area contributed by atoms with Crippen LogP contribution in [0.5, 0.6) is 0 Å². The van der Waals surface area contributed by atoms with Gasteiger partial charge < -0.3 is 10.3 Å². The summed E-state index contributed by atoms with van der Waals surface area (Å²) in [6.45, 7) is 4.35. The van der Waals surface area contributed by atoms with Gasteiger partial charge >= 0.3 is 0 Å². The van der Waals surface area contributed by atoms with Crippen LogP contribution in [-0.2, 0) is 6.54 Å². The van der Waals surface area contributed by atoms with E-state index in [-0.39, 0.29) is 0 Å². The molecule has 0 aliphatic carbocycles. The van der Waals surface area contributed by atoms with E-state index in [1.54, 1.807) is 0 Å². The van der Waals surface area contributed by atoms with Gasteiger partial charge in [0.1, 0.15) is 0 Å². The zero-order valence-electron chi connectivity index (χ0n) is 8.47. The molecule has 0 saturated carbocycles. The van der Waals surface area contributed by atoms with Gasteiger partial charge in [-0.3, -0.25) is 0 Å². The standard InChI is InChI=1S/C11H20N2/c1-2-3-4-5-8-12-10-11-7-6-9-13-11/h6-7,9,12-13H,2-5,8,10H2,1H3. The largest absolute Gasteiger partial charge is 0.364 e. The molecule has 0 unspecified atom stereocenters. The van der Waals surface area contributed by atoms with Gasteiger partial charge in [-0.15, -0.1) is 0 Å². The second kappa shape index (κ2) is 6.72. The Hall–Kier alpha value is -0.760. The smallest absolute Gasteiger partial charge is 0.0357 e. The summed E-state index contributed by atoms with van der Waals surface area (Å²) in [6.07, 6.45) is 7.30. The molecule has 0 amide bonds. The predicted molar refractivity (Wildman–Crippen MR) is 56.6 cm³/mol. The monoisotopic (exact) mass is 180 g/mol. The van der Waals surface area contributed by atoms with E-state index < -0.39 is 0 Å². The predicted octanol–water partition coefficient (Wildman–Crippen LogP) is 2.68. The van der Waals surface area contributed by atoms with Crippen LogP contribution in [0.4, 0.5) is 0 Å². The SMILES string of the molecule is CCCCCCNCc1ccc[nH]1. The van der Waals surface area contributed by atoms with E-state index in [2.05, 4.69) is 23.3 Å². The normalized spacial score (nSPS) is 10.5. The highest BCUT2D eigenvalue weighted by Crippen LogP contribution is 1.98. The molecule has 0 aliphatic rings. The number of H-pyrrole nitrogens is 1. The lowest BCUT2D eigenvalue weighted by Crippen LogP contribution is -2.14. The third-order valence-electron chi connectivity index (χ3n) is 2.18. The molecule has 0 fully saturated rings. The molecule has 13 heavy (non-hydrogen) atoms. The Morgan fingerprint density at radius 3 is 2.92 bits per heavy atom. The lowest BCUT2D eigenvalue weighted by molar-refractivity contribution is 0.594. The topological polar surface area (TPSA) is 27.8 Å². The van der Waals surface area contributed by atoms with Gasteiger partial charge in [0.15, 0.2) is 0 Å². The second-order valence-electron chi connectivity index (χ2n) is 3.43. The van der Waals surface area contributed by atoms with Gasteiger partial charge in [0.25, 0.3) is 0 Å². The minimum Gasteiger partial charge on any atom is -0.364 e. The number of rotatable bonds is 7. The Kier molecular flexibility index (Phi) is 5.34. The van der Waals surface area contributed by atoms with Crippen LogP contribution >= 0.6 is 0 Å². The van der Waals surface area contributed by atoms with Crippen LogP contribution in [0, 0.1) is 0 Å². The maximum absolute atomic E-state index is 3.42. The maximum atomic E-state index is 3.42. The van der Waals surface area contributed by atoms with Gasteiger partial charge in [0.05, 0.1) is 0 Å². The van der Waals surface area contributed by atoms with Crippen LogP contribution in [0.1, 0.15) is 38.3 Å². The van der Waals surface area contributed by atoms with Crippen molar-refractivity contribution in [3.05, 3.63) is 24.0 Å². The van der Waals surface area contributed by atoms with E-state index in [9.17, 15) is 0 Å². The van der Waals surface area contributed by atoms with Crippen molar-refractivity contribution in [3.63, 3.8) is 0 Å². The molecule has 0 bridgehead atoms. The number of aromatic amines is 1. The van der Waals surface area contributed by atoms with Crippen LogP contribution in [-0.4, -0.2) is 11.5 Å². The summed E-state index contributed by atoms with van der Waals surface area (Å²) in [5, 5.41) is 3.42. The highest BCUT2D eigenvalue weighted by molar-refractivity contribution is 5.02. The van der Waals surface area contributed by atoms with E-state index in [1.807, 2.05) is 12.3 Å². The Bertz CT molecular complexity index is 192. The van der Waals surface area contributed by atoms with Crippen molar-refractivity contribution in [2.75, 3.05) is 6.54 Å². The molecule has 74 valence electrons. The van der Waals surface area contributed by atoms with Crippen LogP contribution in [0.15, 0.2) is 18.3 Å². The van der Waals surface area contributed by atoms with Crippen LogP contribution in [0.3, 0.4) is 0 Å². The van der Waals surface area contributed by atoms with Crippen molar-refractivity contribution < 1.29 is 0 Å². The second-order valence-corrected chi connectivity index (χ2v) is 3.43. The summed E-state index contributed by atoms with van der Waals surface area (Å²) in [4.78, 5) is 3.18. The zero-order chi connectivity index (χ0) is 9.36. The fourth-order valence-electron chi connectivity index (χ4n) is 1.38. The van der Waals surface area contributed by atoms with E-state index in [4.69, 9.17) is 0 Å². The zero-order valence-corrected chi connectivity index (χ0v) is 8.47.